The van der Waals surface area contributed by atoms with Gasteiger partial charge < -0.3 is 20.1 Å². The Morgan fingerprint density at radius 3 is 2.31 bits per heavy atom. The minimum absolute atomic E-state index is 0.109. The number of fused-ring (bicyclic) bond motifs is 2. The molecule has 2 bridgehead atoms. The Morgan fingerprint density at radius 1 is 0.917 bits per heavy atom. The first kappa shape index (κ1) is 24.2. The molecule has 0 radical (unpaired) electrons. The standard InChI is InChI=1S/C29H31N3O4/c1-35-19-23-8-7-22(15-27(23)31-28(33)18-32-16-25-13-14-26(17-32)36-25)29(34)30-24-11-9-21(10-12-24)20-5-3-2-4-6-20/h2-12,15,25-26H,13-14,16-19H2,1H3,(H,30,34)(H,31,33). The van der Waals surface area contributed by atoms with Gasteiger partial charge in [0.25, 0.3) is 5.91 Å². The summed E-state index contributed by atoms with van der Waals surface area (Å²) in [4.78, 5) is 28.0. The number of hydrogen-bond acceptors (Lipinski definition) is 5. The lowest BCUT2D eigenvalue weighted by atomic mass is 10.1. The number of nitrogens with one attached hydrogen (secondary N) is 2. The molecular formula is C29H31N3O4. The molecule has 2 saturated heterocycles. The molecule has 0 aliphatic carbocycles. The molecule has 186 valence electrons. The number of morpholine rings is 1. The Morgan fingerprint density at radius 2 is 1.61 bits per heavy atom. The fraction of sp³-hybridized carbons (Fsp3) is 0.310. The van der Waals surface area contributed by atoms with Crippen molar-refractivity contribution in [1.29, 1.82) is 0 Å². The third-order valence-electron chi connectivity index (χ3n) is 6.68. The van der Waals surface area contributed by atoms with Crippen LogP contribution >= 0.6 is 0 Å². The lowest BCUT2D eigenvalue weighted by molar-refractivity contribution is -0.119. The molecule has 7 heteroatoms. The van der Waals surface area contributed by atoms with E-state index in [2.05, 4.69) is 15.5 Å². The zero-order valence-corrected chi connectivity index (χ0v) is 20.4. The van der Waals surface area contributed by atoms with E-state index in [1.807, 2.05) is 60.7 Å². The van der Waals surface area contributed by atoms with Gasteiger partial charge in [-0.15, -0.1) is 0 Å². The van der Waals surface area contributed by atoms with E-state index in [-0.39, 0.29) is 24.0 Å². The minimum atomic E-state index is -0.244. The Balaban J connectivity index is 1.25. The van der Waals surface area contributed by atoms with Crippen molar-refractivity contribution < 1.29 is 19.1 Å². The van der Waals surface area contributed by atoms with Crippen LogP contribution in [-0.2, 0) is 20.9 Å². The monoisotopic (exact) mass is 485 g/mol. The van der Waals surface area contributed by atoms with Crippen molar-refractivity contribution in [3.05, 3.63) is 83.9 Å². The lowest BCUT2D eigenvalue weighted by Crippen LogP contribution is -2.45. The number of hydrogen-bond donors (Lipinski definition) is 2. The first-order valence-corrected chi connectivity index (χ1v) is 12.3. The van der Waals surface area contributed by atoms with Crippen LogP contribution in [-0.4, -0.2) is 55.7 Å². The summed E-state index contributed by atoms with van der Waals surface area (Å²) in [5.41, 5.74) is 4.77. The largest absolute Gasteiger partial charge is 0.380 e. The Bertz CT molecular complexity index is 1200. The Labute approximate surface area is 211 Å². The lowest BCUT2D eigenvalue weighted by Gasteiger charge is -2.31. The van der Waals surface area contributed by atoms with Crippen LogP contribution in [0.15, 0.2) is 72.8 Å². The van der Waals surface area contributed by atoms with E-state index in [0.29, 0.717) is 30.1 Å². The normalized spacial score (nSPS) is 19.1. The molecule has 5 rings (SSSR count). The van der Waals surface area contributed by atoms with E-state index < -0.39 is 0 Å². The highest BCUT2D eigenvalue weighted by atomic mass is 16.5. The van der Waals surface area contributed by atoms with Crippen LogP contribution in [0.2, 0.25) is 0 Å². The zero-order chi connectivity index (χ0) is 24.9. The second kappa shape index (κ2) is 11.0. The van der Waals surface area contributed by atoms with E-state index >= 15 is 0 Å². The number of likely N-dealkylation sites (tertiary alicyclic amines) is 1. The van der Waals surface area contributed by atoms with Crippen molar-refractivity contribution in [2.45, 2.75) is 31.7 Å². The van der Waals surface area contributed by atoms with Gasteiger partial charge in [0.1, 0.15) is 0 Å². The highest BCUT2D eigenvalue weighted by molar-refractivity contribution is 6.05. The van der Waals surface area contributed by atoms with Crippen LogP contribution in [0.3, 0.4) is 0 Å². The van der Waals surface area contributed by atoms with Gasteiger partial charge in [0, 0.05) is 42.7 Å². The van der Waals surface area contributed by atoms with E-state index in [0.717, 1.165) is 42.6 Å². The molecule has 0 saturated carbocycles. The molecule has 2 heterocycles. The molecular weight excluding hydrogens is 454 g/mol. The third-order valence-corrected chi connectivity index (χ3v) is 6.68. The molecule has 7 nitrogen and oxygen atoms in total. The smallest absolute Gasteiger partial charge is 0.255 e. The van der Waals surface area contributed by atoms with E-state index in [1.165, 1.54) is 0 Å². The van der Waals surface area contributed by atoms with E-state index in [9.17, 15) is 9.59 Å². The summed E-state index contributed by atoms with van der Waals surface area (Å²) in [5.74, 6) is -0.352. The van der Waals surface area contributed by atoms with Crippen LogP contribution in [0.25, 0.3) is 11.1 Å². The van der Waals surface area contributed by atoms with Crippen molar-refractivity contribution in [2.24, 2.45) is 0 Å². The molecule has 0 aromatic heterocycles. The quantitative estimate of drug-likeness (QED) is 0.489. The van der Waals surface area contributed by atoms with Crippen molar-refractivity contribution in [1.82, 2.24) is 4.90 Å². The average Bonchev–Trinajstić information content (AvgIpc) is 3.23. The fourth-order valence-corrected chi connectivity index (χ4v) is 4.92. The topological polar surface area (TPSA) is 79.9 Å². The summed E-state index contributed by atoms with van der Waals surface area (Å²) in [7, 11) is 1.61. The average molecular weight is 486 g/mol. The van der Waals surface area contributed by atoms with Crippen molar-refractivity contribution in [3.63, 3.8) is 0 Å². The number of anilines is 2. The molecule has 2 amide bonds. The summed E-state index contributed by atoms with van der Waals surface area (Å²) < 4.78 is 11.2. The number of carbonyl (C=O) groups excluding carboxylic acids is 2. The van der Waals surface area contributed by atoms with E-state index in [4.69, 9.17) is 9.47 Å². The number of nitrogens with zero attached hydrogens (tertiary/aromatic N) is 1. The van der Waals surface area contributed by atoms with Crippen LogP contribution in [0, 0.1) is 0 Å². The summed E-state index contributed by atoms with van der Waals surface area (Å²) in [6.07, 6.45) is 2.59. The van der Waals surface area contributed by atoms with Gasteiger partial charge in [0.2, 0.25) is 5.91 Å². The van der Waals surface area contributed by atoms with Gasteiger partial charge >= 0.3 is 0 Å². The molecule has 0 spiro atoms. The predicted molar refractivity (Wildman–Crippen MR) is 140 cm³/mol. The predicted octanol–water partition coefficient (Wildman–Crippen LogP) is 4.55. The fourth-order valence-electron chi connectivity index (χ4n) is 4.92. The molecule has 2 N–H and O–H groups in total. The zero-order valence-electron chi connectivity index (χ0n) is 20.4. The molecule has 2 aliphatic heterocycles. The number of methoxy groups -OCH3 is 1. The van der Waals surface area contributed by atoms with Crippen molar-refractivity contribution >= 4 is 23.2 Å². The Hall–Kier alpha value is -3.52. The summed E-state index contributed by atoms with van der Waals surface area (Å²) in [6.45, 7) is 2.19. The molecule has 2 atom stereocenters. The van der Waals surface area contributed by atoms with Crippen molar-refractivity contribution in [2.75, 3.05) is 37.4 Å². The highest BCUT2D eigenvalue weighted by Gasteiger charge is 2.34. The van der Waals surface area contributed by atoms with E-state index in [1.54, 1.807) is 19.2 Å². The van der Waals surface area contributed by atoms with Gasteiger partial charge in [-0.1, -0.05) is 48.5 Å². The number of ether oxygens (including phenoxy) is 2. The molecule has 2 fully saturated rings. The number of rotatable bonds is 8. The van der Waals surface area contributed by atoms with Crippen LogP contribution in [0.1, 0.15) is 28.8 Å². The number of amides is 2. The maximum atomic E-state index is 13.0. The Kier molecular flexibility index (Phi) is 7.41. The second-order valence-corrected chi connectivity index (χ2v) is 9.40. The molecule has 36 heavy (non-hydrogen) atoms. The van der Waals surface area contributed by atoms with Crippen LogP contribution in [0.4, 0.5) is 11.4 Å². The first-order valence-electron chi connectivity index (χ1n) is 12.3. The van der Waals surface area contributed by atoms with Crippen molar-refractivity contribution in [3.8, 4) is 11.1 Å². The molecule has 2 unspecified atom stereocenters. The molecule has 3 aromatic carbocycles. The van der Waals surface area contributed by atoms with Gasteiger partial charge in [-0.2, -0.15) is 0 Å². The molecule has 3 aromatic rings. The second-order valence-electron chi connectivity index (χ2n) is 9.40. The summed E-state index contributed by atoms with van der Waals surface area (Å²) >= 11 is 0. The summed E-state index contributed by atoms with van der Waals surface area (Å²) in [6, 6.07) is 23.1. The SMILES string of the molecule is COCc1ccc(C(=O)Nc2ccc(-c3ccccc3)cc2)cc1NC(=O)CN1CC2CCC(C1)O2. The van der Waals surface area contributed by atoms with Gasteiger partial charge in [-0.05, 0) is 48.2 Å². The van der Waals surface area contributed by atoms with Gasteiger partial charge in [-0.3, -0.25) is 14.5 Å². The van der Waals surface area contributed by atoms with Gasteiger partial charge in [-0.25, -0.2) is 0 Å². The highest BCUT2D eigenvalue weighted by Crippen LogP contribution is 2.27. The van der Waals surface area contributed by atoms with Gasteiger partial charge in [0.05, 0.1) is 25.4 Å². The van der Waals surface area contributed by atoms with Crippen LogP contribution in [0.5, 0.6) is 0 Å². The first-order chi connectivity index (χ1) is 17.6. The maximum absolute atomic E-state index is 13.0. The van der Waals surface area contributed by atoms with Crippen LogP contribution < -0.4 is 10.6 Å². The molecule has 2 aliphatic rings. The minimum Gasteiger partial charge on any atom is -0.380 e. The summed E-state index contributed by atoms with van der Waals surface area (Å²) in [5, 5.41) is 5.94. The van der Waals surface area contributed by atoms with Gasteiger partial charge in [0.15, 0.2) is 0 Å². The maximum Gasteiger partial charge on any atom is 0.255 e. The third kappa shape index (κ3) is 5.82. The number of carbonyl (C=O) groups is 2. The number of benzene rings is 3.